The van der Waals surface area contributed by atoms with Crippen LogP contribution >= 0.6 is 12.2 Å². The maximum absolute atomic E-state index is 13.1. The maximum Gasteiger partial charge on any atom is 0.281 e. The Morgan fingerprint density at radius 2 is 2.04 bits per heavy atom. The number of hydrogen-bond acceptors (Lipinski definition) is 5. The van der Waals surface area contributed by atoms with Gasteiger partial charge < -0.3 is 15.1 Å². The van der Waals surface area contributed by atoms with Crippen LogP contribution in [0.5, 0.6) is 0 Å². The van der Waals surface area contributed by atoms with Crippen molar-refractivity contribution < 1.29 is 0 Å². The van der Waals surface area contributed by atoms with Gasteiger partial charge in [0.05, 0.1) is 5.69 Å². The van der Waals surface area contributed by atoms with E-state index in [4.69, 9.17) is 17.2 Å². The van der Waals surface area contributed by atoms with Crippen LogP contribution in [0.25, 0.3) is 11.0 Å². The molecule has 27 heavy (non-hydrogen) atoms. The number of anilines is 1. The summed E-state index contributed by atoms with van der Waals surface area (Å²) < 4.78 is 3.42. The number of fused-ring (bicyclic) bond motifs is 1. The summed E-state index contributed by atoms with van der Waals surface area (Å²) in [4.78, 5) is 22.3. The predicted octanol–water partition coefficient (Wildman–Crippen LogP) is 1.03. The fourth-order valence-corrected chi connectivity index (χ4v) is 3.71. The first-order chi connectivity index (χ1) is 13.0. The fourth-order valence-electron chi connectivity index (χ4n) is 3.45. The summed E-state index contributed by atoms with van der Waals surface area (Å²) in [6.07, 6.45) is 2.66. The van der Waals surface area contributed by atoms with Gasteiger partial charge in [-0.15, -0.1) is 6.58 Å². The van der Waals surface area contributed by atoms with Gasteiger partial charge in [-0.3, -0.25) is 14.0 Å². The molecule has 8 nitrogen and oxygen atoms in total. The minimum Gasteiger partial charge on any atom is -0.359 e. The van der Waals surface area contributed by atoms with Gasteiger partial charge in [0, 0.05) is 46.3 Å². The van der Waals surface area contributed by atoms with Crippen molar-refractivity contribution in [2.24, 2.45) is 7.05 Å². The first-order valence-corrected chi connectivity index (χ1v) is 9.71. The molecule has 1 fully saturated rings. The Labute approximate surface area is 164 Å². The molecule has 0 bridgehead atoms. The van der Waals surface area contributed by atoms with Gasteiger partial charge in [0.2, 0.25) is 5.95 Å². The monoisotopic (exact) mass is 389 g/mol. The molecule has 1 aliphatic rings. The van der Waals surface area contributed by atoms with Crippen molar-refractivity contribution in [2.75, 3.05) is 37.6 Å². The lowest BCUT2D eigenvalue weighted by atomic mass is 10.3. The number of aromatic nitrogens is 4. The summed E-state index contributed by atoms with van der Waals surface area (Å²) in [7, 11) is 1.80. The number of rotatable bonds is 5. The van der Waals surface area contributed by atoms with E-state index in [1.54, 1.807) is 22.4 Å². The molecule has 1 saturated heterocycles. The second kappa shape index (κ2) is 8.08. The molecule has 1 N–H and O–H groups in total. The summed E-state index contributed by atoms with van der Waals surface area (Å²) in [6, 6.07) is 0. The quantitative estimate of drug-likeness (QED) is 0.605. The van der Waals surface area contributed by atoms with Crippen LogP contribution in [0.15, 0.2) is 17.4 Å². The van der Waals surface area contributed by atoms with Gasteiger partial charge in [-0.25, -0.2) is 4.98 Å². The molecular formula is C18H27N7OS. The average Bonchev–Trinajstić information content (AvgIpc) is 2.95. The van der Waals surface area contributed by atoms with E-state index in [0.717, 1.165) is 49.4 Å². The highest BCUT2D eigenvalue weighted by molar-refractivity contribution is 7.80. The van der Waals surface area contributed by atoms with Crippen molar-refractivity contribution in [3.05, 3.63) is 28.7 Å². The largest absolute Gasteiger partial charge is 0.359 e. The lowest BCUT2D eigenvalue weighted by molar-refractivity contribution is 0.376. The molecule has 3 rings (SSSR count). The Morgan fingerprint density at radius 1 is 1.33 bits per heavy atom. The number of hydrogen-bond donors (Lipinski definition) is 1. The van der Waals surface area contributed by atoms with Crippen LogP contribution in [-0.4, -0.2) is 62.1 Å². The summed E-state index contributed by atoms with van der Waals surface area (Å²) in [6.45, 7) is 12.1. The Bertz CT molecular complexity index is 909. The number of thiocarbonyl (C=S) groups is 1. The van der Waals surface area contributed by atoms with Crippen molar-refractivity contribution in [3.8, 4) is 0 Å². The van der Waals surface area contributed by atoms with Crippen LogP contribution in [0.1, 0.15) is 19.0 Å². The van der Waals surface area contributed by atoms with Gasteiger partial charge >= 0.3 is 0 Å². The van der Waals surface area contributed by atoms with Crippen molar-refractivity contribution in [1.29, 1.82) is 0 Å². The Hall–Kier alpha value is -2.42. The molecule has 2 aromatic rings. The summed E-state index contributed by atoms with van der Waals surface area (Å²) in [5.41, 5.74) is 2.02. The average molecular weight is 390 g/mol. The lowest BCUT2D eigenvalue weighted by Crippen LogP contribution is -2.52. The van der Waals surface area contributed by atoms with Crippen LogP contribution in [0.2, 0.25) is 0 Å². The first-order valence-electron chi connectivity index (χ1n) is 9.30. The number of aryl methyl sites for hydroxylation is 2. The molecule has 9 heteroatoms. The first kappa shape index (κ1) is 19.3. The van der Waals surface area contributed by atoms with E-state index in [9.17, 15) is 4.79 Å². The van der Waals surface area contributed by atoms with Gasteiger partial charge in [-0.05, 0) is 25.6 Å². The standard InChI is InChI=1S/C18H27N7OS/c1-5-7-19-18(27)24-11-9-23(10-12-24)17-20-14-13(3)21-22(4)15(14)16(26)25(17)8-6-2/h5H,1,6-12H2,2-4H3,(H,19,27). The topological polar surface area (TPSA) is 71.2 Å². The second-order valence-corrected chi connectivity index (χ2v) is 7.11. The summed E-state index contributed by atoms with van der Waals surface area (Å²) >= 11 is 5.43. The minimum absolute atomic E-state index is 0.0226. The van der Waals surface area contributed by atoms with Crippen molar-refractivity contribution >= 4 is 34.3 Å². The van der Waals surface area contributed by atoms with E-state index in [-0.39, 0.29) is 5.56 Å². The molecule has 0 aliphatic carbocycles. The van der Waals surface area contributed by atoms with Gasteiger partial charge in [0.1, 0.15) is 5.52 Å². The van der Waals surface area contributed by atoms with E-state index in [2.05, 4.69) is 33.7 Å². The van der Waals surface area contributed by atoms with Crippen LogP contribution < -0.4 is 15.8 Å². The normalized spacial score (nSPS) is 14.6. The van der Waals surface area contributed by atoms with E-state index in [0.29, 0.717) is 24.1 Å². The predicted molar refractivity (Wildman–Crippen MR) is 112 cm³/mol. The van der Waals surface area contributed by atoms with Crippen LogP contribution in [0.4, 0.5) is 5.95 Å². The van der Waals surface area contributed by atoms with Crippen molar-refractivity contribution in [1.82, 2.24) is 29.5 Å². The van der Waals surface area contributed by atoms with Crippen LogP contribution in [0, 0.1) is 6.92 Å². The van der Waals surface area contributed by atoms with E-state index >= 15 is 0 Å². The third-order valence-corrected chi connectivity index (χ3v) is 5.19. The Morgan fingerprint density at radius 3 is 2.67 bits per heavy atom. The molecule has 0 spiro atoms. The van der Waals surface area contributed by atoms with Crippen LogP contribution in [0.3, 0.4) is 0 Å². The number of nitrogens with zero attached hydrogens (tertiary/aromatic N) is 6. The zero-order chi connectivity index (χ0) is 19.6. The molecule has 2 aromatic heterocycles. The molecular weight excluding hydrogens is 362 g/mol. The Kier molecular flexibility index (Phi) is 5.79. The highest BCUT2D eigenvalue weighted by Gasteiger charge is 2.24. The van der Waals surface area contributed by atoms with Crippen molar-refractivity contribution in [2.45, 2.75) is 26.8 Å². The SMILES string of the molecule is C=CCNC(=S)N1CCN(c2nc3c(C)nn(C)c3c(=O)n2CCC)CC1. The summed E-state index contributed by atoms with van der Waals surface area (Å²) in [5, 5.41) is 8.30. The highest BCUT2D eigenvalue weighted by atomic mass is 32.1. The molecule has 3 heterocycles. The van der Waals surface area contributed by atoms with E-state index in [1.165, 1.54) is 0 Å². The molecule has 146 valence electrons. The molecule has 1 aliphatic heterocycles. The van der Waals surface area contributed by atoms with E-state index < -0.39 is 0 Å². The molecule has 0 unspecified atom stereocenters. The van der Waals surface area contributed by atoms with Crippen molar-refractivity contribution in [3.63, 3.8) is 0 Å². The Balaban J connectivity index is 1.89. The molecule has 0 amide bonds. The summed E-state index contributed by atoms with van der Waals surface area (Å²) in [5.74, 6) is 0.732. The molecule has 0 radical (unpaired) electrons. The number of nitrogens with one attached hydrogen (secondary N) is 1. The highest BCUT2D eigenvalue weighted by Crippen LogP contribution is 2.19. The molecule has 0 atom stereocenters. The second-order valence-electron chi connectivity index (χ2n) is 6.72. The molecule has 0 aromatic carbocycles. The fraction of sp³-hybridized carbons (Fsp3) is 0.556. The third kappa shape index (κ3) is 3.69. The lowest BCUT2D eigenvalue weighted by Gasteiger charge is -2.37. The third-order valence-electron chi connectivity index (χ3n) is 4.79. The van der Waals surface area contributed by atoms with Gasteiger partial charge in [0.15, 0.2) is 10.6 Å². The van der Waals surface area contributed by atoms with Gasteiger partial charge in [-0.1, -0.05) is 13.0 Å². The van der Waals surface area contributed by atoms with Gasteiger partial charge in [0.25, 0.3) is 5.56 Å². The smallest absolute Gasteiger partial charge is 0.281 e. The zero-order valence-corrected chi connectivity index (χ0v) is 17.1. The maximum atomic E-state index is 13.1. The van der Waals surface area contributed by atoms with Gasteiger partial charge in [-0.2, -0.15) is 5.10 Å². The van der Waals surface area contributed by atoms with Crippen LogP contribution in [-0.2, 0) is 13.6 Å². The van der Waals surface area contributed by atoms with E-state index in [1.807, 2.05) is 6.92 Å². The zero-order valence-electron chi connectivity index (χ0n) is 16.2. The number of piperazine rings is 1. The minimum atomic E-state index is -0.0226. The molecule has 0 saturated carbocycles.